The third kappa shape index (κ3) is 4.70. The van der Waals surface area contributed by atoms with Crippen molar-refractivity contribution in [3.63, 3.8) is 0 Å². The summed E-state index contributed by atoms with van der Waals surface area (Å²) < 4.78 is 6.47. The SMILES string of the molecule is CC1(C)c2ccccc2-c2ccc(N(c3ccc4c(c3)C3(c5ccccc5S4)c4ccccc4-c4ccccc43)c3ccccc3-c3cccc4oc5ccccc5c34)cc21. The van der Waals surface area contributed by atoms with E-state index in [4.69, 9.17) is 4.42 Å². The Bertz CT molecular complexity index is 3420. The number of fused-ring (bicyclic) bond motifs is 15. The van der Waals surface area contributed by atoms with Gasteiger partial charge >= 0.3 is 0 Å². The lowest BCUT2D eigenvalue weighted by atomic mass is 9.67. The van der Waals surface area contributed by atoms with Crippen LogP contribution in [0.3, 0.4) is 0 Å². The summed E-state index contributed by atoms with van der Waals surface area (Å²) >= 11 is 1.89. The van der Waals surface area contributed by atoms with Gasteiger partial charge in [-0.2, -0.15) is 0 Å². The van der Waals surface area contributed by atoms with Gasteiger partial charge in [-0.05, 0) is 116 Å². The lowest BCUT2D eigenvalue weighted by molar-refractivity contribution is 0.660. The quantitative estimate of drug-likeness (QED) is 0.176. The predicted octanol–water partition coefficient (Wildman–Crippen LogP) is 15.9. The van der Waals surface area contributed by atoms with E-state index in [0.717, 1.165) is 50.1 Å². The molecule has 61 heavy (non-hydrogen) atoms. The fourth-order valence-corrected chi connectivity index (χ4v) is 12.3. The highest BCUT2D eigenvalue weighted by Gasteiger charge is 2.50. The molecule has 288 valence electrons. The number of rotatable bonds is 4. The average Bonchev–Trinajstić information content (AvgIpc) is 3.91. The first-order valence-electron chi connectivity index (χ1n) is 21.2. The fraction of sp³-hybridized carbons (Fsp3) is 0.0690. The molecule has 0 bridgehead atoms. The summed E-state index contributed by atoms with van der Waals surface area (Å²) in [6, 6.07) is 74.3. The minimum Gasteiger partial charge on any atom is -0.456 e. The maximum Gasteiger partial charge on any atom is 0.136 e. The first-order chi connectivity index (χ1) is 30.0. The van der Waals surface area contributed by atoms with Gasteiger partial charge in [0.25, 0.3) is 0 Å². The second-order valence-corrected chi connectivity index (χ2v) is 18.2. The van der Waals surface area contributed by atoms with E-state index < -0.39 is 5.41 Å². The van der Waals surface area contributed by atoms with Gasteiger partial charge in [0.2, 0.25) is 0 Å². The zero-order valence-electron chi connectivity index (χ0n) is 33.8. The molecule has 2 heterocycles. The van der Waals surface area contributed by atoms with Crippen molar-refractivity contribution in [1.29, 1.82) is 0 Å². The molecule has 2 aliphatic carbocycles. The molecule has 1 spiro atoms. The van der Waals surface area contributed by atoms with Crippen molar-refractivity contribution in [2.45, 2.75) is 34.5 Å². The molecule has 0 amide bonds. The number of hydrogen-bond donors (Lipinski definition) is 0. The van der Waals surface area contributed by atoms with Crippen molar-refractivity contribution in [3.05, 3.63) is 234 Å². The number of furan rings is 1. The highest BCUT2D eigenvalue weighted by molar-refractivity contribution is 7.99. The third-order valence-corrected chi connectivity index (χ3v) is 14.9. The van der Waals surface area contributed by atoms with E-state index in [1.54, 1.807) is 0 Å². The van der Waals surface area contributed by atoms with Gasteiger partial charge in [0, 0.05) is 42.9 Å². The number of nitrogens with zero attached hydrogens (tertiary/aromatic N) is 1. The molecule has 9 aromatic carbocycles. The molecule has 1 aromatic heterocycles. The molecular weight excluding hydrogens is 759 g/mol. The van der Waals surface area contributed by atoms with Crippen LogP contribution in [0.1, 0.15) is 47.2 Å². The molecule has 0 unspecified atom stereocenters. The van der Waals surface area contributed by atoms with Crippen molar-refractivity contribution in [1.82, 2.24) is 0 Å². The molecule has 0 atom stereocenters. The smallest absolute Gasteiger partial charge is 0.136 e. The average molecular weight is 798 g/mol. The fourth-order valence-electron chi connectivity index (χ4n) is 11.1. The monoisotopic (exact) mass is 797 g/mol. The molecule has 0 saturated heterocycles. The van der Waals surface area contributed by atoms with Crippen LogP contribution < -0.4 is 4.90 Å². The summed E-state index contributed by atoms with van der Waals surface area (Å²) in [5.41, 5.74) is 20.1. The third-order valence-electron chi connectivity index (χ3n) is 13.8. The summed E-state index contributed by atoms with van der Waals surface area (Å²) in [6.07, 6.45) is 0. The Balaban J connectivity index is 1.10. The van der Waals surface area contributed by atoms with Gasteiger partial charge in [0.15, 0.2) is 0 Å². The highest BCUT2D eigenvalue weighted by Crippen LogP contribution is 2.63. The summed E-state index contributed by atoms with van der Waals surface area (Å²) in [4.78, 5) is 5.10. The van der Waals surface area contributed by atoms with Crippen molar-refractivity contribution >= 4 is 50.8 Å². The van der Waals surface area contributed by atoms with Crippen LogP contribution in [0.4, 0.5) is 17.1 Å². The molecule has 3 aliphatic rings. The minimum atomic E-state index is -0.492. The van der Waals surface area contributed by atoms with Crippen molar-refractivity contribution in [2.24, 2.45) is 0 Å². The van der Waals surface area contributed by atoms with Gasteiger partial charge in [-0.3, -0.25) is 0 Å². The maximum atomic E-state index is 6.47. The molecule has 0 radical (unpaired) electrons. The molecule has 1 aliphatic heterocycles. The summed E-state index contributed by atoms with van der Waals surface area (Å²) in [6.45, 7) is 4.74. The summed E-state index contributed by atoms with van der Waals surface area (Å²) in [5.74, 6) is 0. The van der Waals surface area contributed by atoms with Crippen LogP contribution in [0.5, 0.6) is 0 Å². The molecule has 3 heteroatoms. The highest BCUT2D eigenvalue weighted by atomic mass is 32.2. The standard InChI is InChI=1S/C58H39NOS/c1-57(2)45-22-8-3-16-38(45)41-32-30-36(34-49(41)57)59(51-26-12-6-19-42(51)43-21-15-28-53-56(43)44-20-7-13-27-52(44)60-53)37-31-33-55-50(35-37)58(48-25-11-14-29-54(48)61-55)46-23-9-4-17-39(46)40-18-5-10-24-47(40)58/h3-35H,1-2H3. The van der Waals surface area contributed by atoms with E-state index in [0.29, 0.717) is 0 Å². The molecule has 13 rings (SSSR count). The first kappa shape index (κ1) is 34.8. The minimum absolute atomic E-state index is 0.161. The van der Waals surface area contributed by atoms with E-state index in [-0.39, 0.29) is 5.41 Å². The Morgan fingerprint density at radius 3 is 1.69 bits per heavy atom. The zero-order valence-corrected chi connectivity index (χ0v) is 34.6. The van der Waals surface area contributed by atoms with Crippen LogP contribution >= 0.6 is 11.8 Å². The zero-order chi connectivity index (χ0) is 40.5. The van der Waals surface area contributed by atoms with E-state index >= 15 is 0 Å². The topological polar surface area (TPSA) is 16.4 Å². The summed E-state index contributed by atoms with van der Waals surface area (Å²) in [5, 5.41) is 2.25. The van der Waals surface area contributed by atoms with Crippen LogP contribution in [0, 0.1) is 0 Å². The van der Waals surface area contributed by atoms with Crippen molar-refractivity contribution in [3.8, 4) is 33.4 Å². The van der Waals surface area contributed by atoms with Crippen LogP contribution in [0.25, 0.3) is 55.3 Å². The van der Waals surface area contributed by atoms with Gasteiger partial charge in [-0.25, -0.2) is 0 Å². The number of benzene rings is 9. The second kappa shape index (κ2) is 12.7. The van der Waals surface area contributed by atoms with Crippen LogP contribution in [0.2, 0.25) is 0 Å². The molecule has 10 aromatic rings. The van der Waals surface area contributed by atoms with Gasteiger partial charge in [-0.15, -0.1) is 0 Å². The molecule has 0 fully saturated rings. The van der Waals surface area contributed by atoms with Crippen molar-refractivity contribution < 1.29 is 4.42 Å². The predicted molar refractivity (Wildman–Crippen MR) is 253 cm³/mol. The summed E-state index contributed by atoms with van der Waals surface area (Å²) in [7, 11) is 0. The van der Waals surface area contributed by atoms with E-state index in [1.807, 2.05) is 17.8 Å². The van der Waals surface area contributed by atoms with Crippen LogP contribution in [0.15, 0.2) is 214 Å². The van der Waals surface area contributed by atoms with Gasteiger partial charge in [-0.1, -0.05) is 171 Å². The van der Waals surface area contributed by atoms with E-state index in [1.165, 1.54) is 65.4 Å². The second-order valence-electron chi connectivity index (χ2n) is 17.1. The maximum absolute atomic E-state index is 6.47. The molecular formula is C58H39NOS. The lowest BCUT2D eigenvalue weighted by Crippen LogP contribution is -2.32. The Morgan fingerprint density at radius 2 is 0.918 bits per heavy atom. The van der Waals surface area contributed by atoms with Gasteiger partial charge in [0.05, 0.1) is 11.1 Å². The van der Waals surface area contributed by atoms with Gasteiger partial charge < -0.3 is 9.32 Å². The molecule has 0 N–H and O–H groups in total. The van der Waals surface area contributed by atoms with E-state index in [2.05, 4.69) is 213 Å². The Kier molecular flexibility index (Phi) is 7.25. The largest absolute Gasteiger partial charge is 0.456 e. The van der Waals surface area contributed by atoms with Gasteiger partial charge in [0.1, 0.15) is 11.2 Å². The lowest BCUT2D eigenvalue weighted by Gasteiger charge is -2.40. The van der Waals surface area contributed by atoms with Crippen LogP contribution in [-0.2, 0) is 10.8 Å². The number of para-hydroxylation sites is 2. The number of anilines is 3. The van der Waals surface area contributed by atoms with Crippen molar-refractivity contribution in [2.75, 3.05) is 4.90 Å². The molecule has 2 nitrogen and oxygen atoms in total. The van der Waals surface area contributed by atoms with Crippen LogP contribution in [-0.4, -0.2) is 0 Å². The molecule has 0 saturated carbocycles. The Morgan fingerprint density at radius 1 is 0.393 bits per heavy atom. The Labute approximate surface area is 359 Å². The first-order valence-corrected chi connectivity index (χ1v) is 22.0. The number of hydrogen-bond acceptors (Lipinski definition) is 3. The van der Waals surface area contributed by atoms with E-state index in [9.17, 15) is 0 Å². The normalized spacial score (nSPS) is 14.6. The Hall–Kier alpha value is -7.07.